The van der Waals surface area contributed by atoms with Crippen LogP contribution < -0.4 is 10.9 Å². The first-order valence-corrected chi connectivity index (χ1v) is 6.89. The molecule has 3 rings (SSSR count). The lowest BCUT2D eigenvalue weighted by molar-refractivity contribution is 0.296. The number of fused-ring (bicyclic) bond motifs is 1. The molecule has 0 unspecified atom stereocenters. The van der Waals surface area contributed by atoms with Crippen molar-refractivity contribution in [2.45, 2.75) is 6.92 Å². The van der Waals surface area contributed by atoms with Gasteiger partial charge in [-0.1, -0.05) is 18.2 Å². The van der Waals surface area contributed by atoms with Crippen molar-refractivity contribution < 1.29 is 9.62 Å². The van der Waals surface area contributed by atoms with E-state index in [0.29, 0.717) is 22.5 Å². The van der Waals surface area contributed by atoms with E-state index in [-0.39, 0.29) is 10.9 Å². The molecule has 1 N–H and O–H groups in total. The highest BCUT2D eigenvalue weighted by molar-refractivity contribution is 6.01. The average Bonchev–Trinajstić information content (AvgIpc) is 2.54. The van der Waals surface area contributed by atoms with Gasteiger partial charge in [0.2, 0.25) is 0 Å². The largest absolute Gasteiger partial charge is 0.733 e. The standard InChI is InChI=1S/C17H13N2O4/c1-11(18-13-6-8-14(9-7-13)19(21)22)15-10-12-4-2-3-5-16(12)23-17(15)20/h2-10,21H,1H3/q-1. The van der Waals surface area contributed by atoms with Crippen molar-refractivity contribution in [1.29, 1.82) is 0 Å². The molecule has 6 heteroatoms. The average molecular weight is 309 g/mol. The second-order valence-corrected chi connectivity index (χ2v) is 4.97. The Morgan fingerprint density at radius 1 is 1.17 bits per heavy atom. The number of rotatable bonds is 3. The van der Waals surface area contributed by atoms with Gasteiger partial charge in [0, 0.05) is 5.39 Å². The third-order valence-electron chi connectivity index (χ3n) is 3.40. The lowest BCUT2D eigenvalue weighted by Gasteiger charge is -2.21. The van der Waals surface area contributed by atoms with E-state index in [9.17, 15) is 10.0 Å². The summed E-state index contributed by atoms with van der Waals surface area (Å²) in [5.41, 5.74) is 1.60. The fourth-order valence-electron chi connectivity index (χ4n) is 2.22. The van der Waals surface area contributed by atoms with Crippen LogP contribution in [0.2, 0.25) is 0 Å². The third-order valence-corrected chi connectivity index (χ3v) is 3.40. The van der Waals surface area contributed by atoms with E-state index in [2.05, 4.69) is 4.99 Å². The van der Waals surface area contributed by atoms with Crippen LogP contribution >= 0.6 is 0 Å². The van der Waals surface area contributed by atoms with Gasteiger partial charge in [-0.05, 0) is 43.3 Å². The van der Waals surface area contributed by atoms with Crippen LogP contribution in [0.5, 0.6) is 0 Å². The van der Waals surface area contributed by atoms with Crippen molar-refractivity contribution in [3.05, 3.63) is 75.8 Å². The summed E-state index contributed by atoms with van der Waals surface area (Å²) in [4.78, 5) is 16.4. The maximum absolute atomic E-state index is 12.1. The van der Waals surface area contributed by atoms with E-state index in [1.807, 2.05) is 12.1 Å². The fourth-order valence-corrected chi connectivity index (χ4v) is 2.22. The number of anilines is 1. The van der Waals surface area contributed by atoms with Gasteiger partial charge in [-0.25, -0.2) is 4.79 Å². The number of para-hydroxylation sites is 1. The molecule has 0 amide bonds. The van der Waals surface area contributed by atoms with Crippen LogP contribution in [0, 0.1) is 5.21 Å². The monoisotopic (exact) mass is 309 g/mol. The highest BCUT2D eigenvalue weighted by Crippen LogP contribution is 2.20. The predicted octanol–water partition coefficient (Wildman–Crippen LogP) is 3.63. The van der Waals surface area contributed by atoms with Crippen LogP contribution in [-0.2, 0) is 0 Å². The topological polar surface area (TPSA) is 89.1 Å². The molecule has 3 aromatic rings. The maximum atomic E-state index is 12.1. The van der Waals surface area contributed by atoms with Gasteiger partial charge < -0.3 is 14.9 Å². The molecule has 6 nitrogen and oxygen atoms in total. The zero-order valence-electron chi connectivity index (χ0n) is 12.3. The number of aliphatic imine (C=N–C) groups is 1. The summed E-state index contributed by atoms with van der Waals surface area (Å²) in [5.74, 6) is 0. The van der Waals surface area contributed by atoms with Gasteiger partial charge in [-0.15, -0.1) is 0 Å². The van der Waals surface area contributed by atoms with Crippen molar-refractivity contribution in [1.82, 2.24) is 0 Å². The van der Waals surface area contributed by atoms with E-state index in [1.165, 1.54) is 12.1 Å². The molecule has 0 saturated heterocycles. The van der Waals surface area contributed by atoms with E-state index in [4.69, 9.17) is 9.62 Å². The predicted molar refractivity (Wildman–Crippen MR) is 88.4 cm³/mol. The number of nitrogens with zero attached hydrogens (tertiary/aromatic N) is 2. The Morgan fingerprint density at radius 3 is 2.57 bits per heavy atom. The number of benzene rings is 2. The zero-order chi connectivity index (χ0) is 16.4. The lowest BCUT2D eigenvalue weighted by Crippen LogP contribution is -2.11. The molecule has 0 aliphatic heterocycles. The molecular weight excluding hydrogens is 296 g/mol. The Labute approximate surface area is 131 Å². The Hall–Kier alpha value is -2.96. The van der Waals surface area contributed by atoms with Crippen LogP contribution in [0.15, 0.2) is 68.8 Å². The SMILES string of the molecule is CC(=Nc1ccc(N([O-])O)cc1)c1cc2ccccc2oc1=O. The van der Waals surface area contributed by atoms with Gasteiger partial charge in [0.05, 0.1) is 22.6 Å². The number of hydrogen-bond donors (Lipinski definition) is 1. The summed E-state index contributed by atoms with van der Waals surface area (Å²) in [5, 5.41) is 20.1. The molecule has 0 radical (unpaired) electrons. The van der Waals surface area contributed by atoms with Gasteiger partial charge in [0.25, 0.3) is 0 Å². The molecule has 0 aliphatic rings. The molecule has 0 fully saturated rings. The summed E-state index contributed by atoms with van der Waals surface area (Å²) < 4.78 is 5.28. The Bertz CT molecular complexity index is 927. The normalized spacial score (nSPS) is 11.7. The van der Waals surface area contributed by atoms with Crippen LogP contribution in [0.1, 0.15) is 12.5 Å². The van der Waals surface area contributed by atoms with E-state index < -0.39 is 5.63 Å². The Kier molecular flexibility index (Phi) is 3.92. The van der Waals surface area contributed by atoms with Crippen molar-refractivity contribution in [3.63, 3.8) is 0 Å². The fraction of sp³-hybridized carbons (Fsp3) is 0.0588. The Balaban J connectivity index is 2.00. The van der Waals surface area contributed by atoms with Gasteiger partial charge >= 0.3 is 5.63 Å². The highest BCUT2D eigenvalue weighted by atomic mass is 16.8. The minimum Gasteiger partial charge on any atom is -0.733 e. The minimum atomic E-state index is -0.456. The Morgan fingerprint density at radius 2 is 1.87 bits per heavy atom. The van der Waals surface area contributed by atoms with Crippen LogP contribution in [0.4, 0.5) is 11.4 Å². The first-order valence-electron chi connectivity index (χ1n) is 6.89. The smallest absolute Gasteiger partial charge is 0.345 e. The first kappa shape index (κ1) is 15.0. The molecule has 23 heavy (non-hydrogen) atoms. The molecule has 2 aromatic carbocycles. The molecule has 1 aromatic heterocycles. The summed E-state index contributed by atoms with van der Waals surface area (Å²) in [6.07, 6.45) is 0. The van der Waals surface area contributed by atoms with Gasteiger partial charge in [-0.3, -0.25) is 10.2 Å². The second-order valence-electron chi connectivity index (χ2n) is 4.97. The molecule has 116 valence electrons. The van der Waals surface area contributed by atoms with Crippen LogP contribution in [-0.4, -0.2) is 10.9 Å². The molecule has 1 heterocycles. The summed E-state index contributed by atoms with van der Waals surface area (Å²) >= 11 is 0. The van der Waals surface area contributed by atoms with E-state index in [1.54, 1.807) is 37.3 Å². The minimum absolute atomic E-state index is 0.104. The summed E-state index contributed by atoms with van der Waals surface area (Å²) in [7, 11) is 0. The van der Waals surface area contributed by atoms with Crippen LogP contribution in [0.25, 0.3) is 11.0 Å². The number of hydrogen-bond acceptors (Lipinski definition) is 6. The van der Waals surface area contributed by atoms with Crippen molar-refractivity contribution in [2.75, 3.05) is 5.23 Å². The summed E-state index contributed by atoms with van der Waals surface area (Å²) in [6, 6.07) is 15.0. The first-order chi connectivity index (χ1) is 11.0. The van der Waals surface area contributed by atoms with Crippen molar-refractivity contribution >= 4 is 28.1 Å². The zero-order valence-corrected chi connectivity index (χ0v) is 12.3. The molecule has 0 atom stereocenters. The van der Waals surface area contributed by atoms with Crippen molar-refractivity contribution in [2.24, 2.45) is 4.99 Å². The van der Waals surface area contributed by atoms with Crippen molar-refractivity contribution in [3.8, 4) is 0 Å². The molecule has 0 bridgehead atoms. The van der Waals surface area contributed by atoms with Gasteiger partial charge in [-0.2, -0.15) is 0 Å². The molecule has 0 spiro atoms. The molecule has 0 aliphatic carbocycles. The quantitative estimate of drug-likeness (QED) is 0.453. The highest BCUT2D eigenvalue weighted by Gasteiger charge is 2.08. The molecule has 0 saturated carbocycles. The van der Waals surface area contributed by atoms with Gasteiger partial charge in [0.1, 0.15) is 5.58 Å². The third kappa shape index (κ3) is 3.13. The maximum Gasteiger partial charge on any atom is 0.345 e. The second kappa shape index (κ2) is 6.04. The van der Waals surface area contributed by atoms with E-state index in [0.717, 1.165) is 5.39 Å². The molecular formula is C17H13N2O4-. The summed E-state index contributed by atoms with van der Waals surface area (Å²) in [6.45, 7) is 1.71. The van der Waals surface area contributed by atoms with Gasteiger partial charge in [0.15, 0.2) is 0 Å². The van der Waals surface area contributed by atoms with Crippen LogP contribution in [0.3, 0.4) is 0 Å². The van der Waals surface area contributed by atoms with E-state index >= 15 is 0 Å². The lowest BCUT2D eigenvalue weighted by atomic mass is 10.1.